The topological polar surface area (TPSA) is 75.5 Å². The Bertz CT molecular complexity index is 833. The van der Waals surface area contributed by atoms with Crippen molar-refractivity contribution < 1.29 is 14.3 Å². The van der Waals surface area contributed by atoms with E-state index in [1.54, 1.807) is 13.0 Å². The number of thiazole rings is 1. The molecule has 0 N–H and O–H groups in total. The van der Waals surface area contributed by atoms with Crippen LogP contribution in [0.1, 0.15) is 11.8 Å². The highest BCUT2D eigenvalue weighted by Gasteiger charge is 2.20. The first-order chi connectivity index (χ1) is 12.7. The zero-order valence-electron chi connectivity index (χ0n) is 14.5. The summed E-state index contributed by atoms with van der Waals surface area (Å²) in [6.45, 7) is 4.81. The number of benzene rings is 1. The van der Waals surface area contributed by atoms with E-state index < -0.39 is 5.97 Å². The quantitative estimate of drug-likeness (QED) is 0.458. The molecule has 2 heterocycles. The molecular formula is C19H19N3O3S. The standard InChI is InChI=1S/C19H19N3O3S/c1-2-25-18(23)15(13-20)12-16-17(14-6-4-3-5-7-14)21-19(26-16)22-8-10-24-11-9-22/h3-7,12H,2,8-11H2,1H3/b15-12+. The van der Waals surface area contributed by atoms with Gasteiger partial charge < -0.3 is 14.4 Å². The van der Waals surface area contributed by atoms with Crippen LogP contribution in [0.3, 0.4) is 0 Å². The van der Waals surface area contributed by atoms with E-state index in [0.29, 0.717) is 13.2 Å². The molecule has 3 rings (SSSR count). The van der Waals surface area contributed by atoms with E-state index in [-0.39, 0.29) is 12.2 Å². The number of ether oxygens (including phenoxy) is 2. The zero-order valence-corrected chi connectivity index (χ0v) is 15.3. The molecule has 2 aromatic rings. The molecule has 7 heteroatoms. The van der Waals surface area contributed by atoms with Crippen LogP contribution in [0, 0.1) is 11.3 Å². The largest absolute Gasteiger partial charge is 0.462 e. The van der Waals surface area contributed by atoms with Crippen LogP contribution in [0.2, 0.25) is 0 Å². The van der Waals surface area contributed by atoms with Crippen molar-refractivity contribution in [2.45, 2.75) is 6.92 Å². The lowest BCUT2D eigenvalue weighted by molar-refractivity contribution is -0.137. The van der Waals surface area contributed by atoms with Crippen molar-refractivity contribution in [2.75, 3.05) is 37.8 Å². The third-order valence-corrected chi connectivity index (χ3v) is 4.93. The maximum Gasteiger partial charge on any atom is 0.348 e. The summed E-state index contributed by atoms with van der Waals surface area (Å²) in [5, 5.41) is 10.2. The second-order valence-corrected chi connectivity index (χ2v) is 6.57. The van der Waals surface area contributed by atoms with Crippen molar-refractivity contribution >= 4 is 28.5 Å². The van der Waals surface area contributed by atoms with Crippen LogP contribution in [-0.4, -0.2) is 43.9 Å². The Hall–Kier alpha value is -2.69. The van der Waals surface area contributed by atoms with Crippen LogP contribution >= 0.6 is 11.3 Å². The number of hydrogen-bond donors (Lipinski definition) is 0. The van der Waals surface area contributed by atoms with Crippen LogP contribution in [0.4, 0.5) is 5.13 Å². The van der Waals surface area contributed by atoms with Gasteiger partial charge in [0.05, 0.1) is 30.4 Å². The molecule has 0 amide bonds. The van der Waals surface area contributed by atoms with E-state index in [1.807, 2.05) is 36.4 Å². The molecule has 0 bridgehead atoms. The lowest BCUT2D eigenvalue weighted by atomic mass is 10.1. The molecule has 0 atom stereocenters. The Kier molecular flexibility index (Phi) is 6.00. The van der Waals surface area contributed by atoms with Gasteiger partial charge >= 0.3 is 5.97 Å². The molecule has 1 aliphatic rings. The molecule has 1 aromatic carbocycles. The Morgan fingerprint density at radius 3 is 2.77 bits per heavy atom. The van der Waals surface area contributed by atoms with E-state index in [9.17, 15) is 10.1 Å². The van der Waals surface area contributed by atoms with Gasteiger partial charge in [-0.25, -0.2) is 9.78 Å². The van der Waals surface area contributed by atoms with E-state index in [1.165, 1.54) is 11.3 Å². The molecule has 0 unspecified atom stereocenters. The van der Waals surface area contributed by atoms with E-state index in [2.05, 4.69) is 4.90 Å². The number of morpholine rings is 1. The van der Waals surface area contributed by atoms with E-state index in [0.717, 1.165) is 34.4 Å². The van der Waals surface area contributed by atoms with E-state index in [4.69, 9.17) is 14.5 Å². The highest BCUT2D eigenvalue weighted by molar-refractivity contribution is 7.17. The van der Waals surface area contributed by atoms with Gasteiger partial charge in [-0.15, -0.1) is 0 Å². The summed E-state index contributed by atoms with van der Waals surface area (Å²) in [6.07, 6.45) is 1.57. The minimum Gasteiger partial charge on any atom is -0.462 e. The van der Waals surface area contributed by atoms with Crippen LogP contribution in [0.25, 0.3) is 17.3 Å². The monoisotopic (exact) mass is 369 g/mol. The number of nitriles is 1. The third-order valence-electron chi connectivity index (χ3n) is 3.86. The summed E-state index contributed by atoms with van der Waals surface area (Å²) in [4.78, 5) is 19.7. The number of rotatable bonds is 5. The van der Waals surface area contributed by atoms with Crippen LogP contribution in [-0.2, 0) is 14.3 Å². The molecule has 6 nitrogen and oxygen atoms in total. The van der Waals surface area contributed by atoms with Gasteiger partial charge in [-0.05, 0) is 13.0 Å². The van der Waals surface area contributed by atoms with Gasteiger partial charge in [-0.1, -0.05) is 41.7 Å². The number of hydrogen-bond acceptors (Lipinski definition) is 7. The van der Waals surface area contributed by atoms with Crippen molar-refractivity contribution in [3.05, 3.63) is 40.8 Å². The molecule has 0 aliphatic carbocycles. The summed E-state index contributed by atoms with van der Waals surface area (Å²) < 4.78 is 10.4. The molecule has 1 aromatic heterocycles. The fraction of sp³-hybridized carbons (Fsp3) is 0.316. The Labute approximate surface area is 156 Å². The first-order valence-electron chi connectivity index (χ1n) is 8.40. The second-order valence-electron chi connectivity index (χ2n) is 5.57. The van der Waals surface area contributed by atoms with Crippen molar-refractivity contribution in [1.29, 1.82) is 5.26 Å². The van der Waals surface area contributed by atoms with Crippen LogP contribution in [0.15, 0.2) is 35.9 Å². The Morgan fingerprint density at radius 2 is 2.12 bits per heavy atom. The highest BCUT2D eigenvalue weighted by Crippen LogP contribution is 2.35. The minimum absolute atomic E-state index is 0.0267. The number of esters is 1. The molecule has 1 aliphatic heterocycles. The number of carbonyl (C=O) groups excluding carboxylic acids is 1. The third kappa shape index (κ3) is 4.10. The maximum absolute atomic E-state index is 12.0. The molecule has 134 valence electrons. The molecular weight excluding hydrogens is 350 g/mol. The SMILES string of the molecule is CCOC(=O)/C(C#N)=C/c1sc(N2CCOCC2)nc1-c1ccccc1. The minimum atomic E-state index is -0.615. The number of anilines is 1. The number of nitrogens with zero attached hydrogens (tertiary/aromatic N) is 3. The van der Waals surface area contributed by atoms with Gasteiger partial charge in [0.15, 0.2) is 5.13 Å². The summed E-state index contributed by atoms with van der Waals surface area (Å²) in [5.41, 5.74) is 1.67. The van der Waals surface area contributed by atoms with E-state index >= 15 is 0 Å². The summed E-state index contributed by atoms with van der Waals surface area (Å²) >= 11 is 1.46. The Balaban J connectivity index is 2.03. The zero-order chi connectivity index (χ0) is 18.4. The molecule has 0 spiro atoms. The lowest BCUT2D eigenvalue weighted by Crippen LogP contribution is -2.36. The smallest absolute Gasteiger partial charge is 0.348 e. The fourth-order valence-electron chi connectivity index (χ4n) is 2.59. The van der Waals surface area contributed by atoms with Crippen LogP contribution in [0.5, 0.6) is 0 Å². The summed E-state index contributed by atoms with van der Waals surface area (Å²) in [7, 11) is 0. The Morgan fingerprint density at radius 1 is 1.38 bits per heavy atom. The molecule has 1 saturated heterocycles. The molecule has 0 saturated carbocycles. The second kappa shape index (κ2) is 8.61. The van der Waals surface area contributed by atoms with Crippen molar-refractivity contribution in [2.24, 2.45) is 0 Å². The predicted octanol–water partition coefficient (Wildman–Crippen LogP) is 3.12. The van der Waals surface area contributed by atoms with Crippen molar-refractivity contribution in [3.63, 3.8) is 0 Å². The van der Waals surface area contributed by atoms with Gasteiger partial charge in [-0.3, -0.25) is 0 Å². The van der Waals surface area contributed by atoms with Gasteiger partial charge in [0.25, 0.3) is 0 Å². The van der Waals surface area contributed by atoms with Gasteiger partial charge in [0.1, 0.15) is 11.6 Å². The average molecular weight is 369 g/mol. The maximum atomic E-state index is 12.0. The number of aromatic nitrogens is 1. The van der Waals surface area contributed by atoms with Gasteiger partial charge in [-0.2, -0.15) is 5.26 Å². The predicted molar refractivity (Wildman–Crippen MR) is 101 cm³/mol. The molecule has 0 radical (unpaired) electrons. The van der Waals surface area contributed by atoms with Crippen LogP contribution < -0.4 is 4.90 Å². The van der Waals surface area contributed by atoms with Crippen molar-refractivity contribution in [1.82, 2.24) is 4.98 Å². The van der Waals surface area contributed by atoms with Gasteiger partial charge in [0.2, 0.25) is 0 Å². The summed E-state index contributed by atoms with van der Waals surface area (Å²) in [6, 6.07) is 11.7. The normalized spacial score (nSPS) is 14.8. The average Bonchev–Trinajstić information content (AvgIpc) is 3.11. The van der Waals surface area contributed by atoms with Crippen molar-refractivity contribution in [3.8, 4) is 17.3 Å². The fourth-order valence-corrected chi connectivity index (χ4v) is 3.67. The molecule has 26 heavy (non-hydrogen) atoms. The number of carbonyl (C=O) groups is 1. The highest BCUT2D eigenvalue weighted by atomic mass is 32.1. The first kappa shape index (κ1) is 18.1. The lowest BCUT2D eigenvalue weighted by Gasteiger charge is -2.26. The van der Waals surface area contributed by atoms with Gasteiger partial charge in [0, 0.05) is 18.7 Å². The first-order valence-corrected chi connectivity index (χ1v) is 9.22. The molecule has 1 fully saturated rings. The summed E-state index contributed by atoms with van der Waals surface area (Å²) in [5.74, 6) is -0.615.